The van der Waals surface area contributed by atoms with Crippen LogP contribution in [0.5, 0.6) is 11.5 Å². The van der Waals surface area contributed by atoms with Gasteiger partial charge in [0, 0.05) is 25.1 Å². The summed E-state index contributed by atoms with van der Waals surface area (Å²) < 4.78 is 16.6. The van der Waals surface area contributed by atoms with Crippen molar-refractivity contribution in [1.82, 2.24) is 15.0 Å². The summed E-state index contributed by atoms with van der Waals surface area (Å²) in [6.45, 7) is 7.67. The Morgan fingerprint density at radius 1 is 1.10 bits per heavy atom. The lowest BCUT2D eigenvalue weighted by atomic mass is 10.1. The Kier molecular flexibility index (Phi) is 6.21. The van der Waals surface area contributed by atoms with Crippen molar-refractivity contribution in [2.75, 3.05) is 13.2 Å². The zero-order valence-corrected chi connectivity index (χ0v) is 18.1. The molecule has 1 saturated heterocycles. The number of ether oxygens (including phenoxy) is 2. The lowest BCUT2D eigenvalue weighted by molar-refractivity contribution is -0.128. The van der Waals surface area contributed by atoms with Gasteiger partial charge in [-0.05, 0) is 62.7 Å². The minimum atomic E-state index is -0.0972. The first kappa shape index (κ1) is 20.9. The number of carbonyl (C=O) groups excluding carboxylic acids is 1. The molecule has 3 aromatic rings. The molecule has 0 N–H and O–H groups in total. The van der Waals surface area contributed by atoms with E-state index in [0.29, 0.717) is 37.8 Å². The average molecular weight is 421 g/mol. The Bertz CT molecular complexity index is 1010. The molecule has 0 spiro atoms. The summed E-state index contributed by atoms with van der Waals surface area (Å²) in [6, 6.07) is 15.4. The molecule has 162 valence electrons. The van der Waals surface area contributed by atoms with E-state index in [1.807, 2.05) is 74.2 Å². The minimum Gasteiger partial charge on any atom is -0.494 e. The highest BCUT2D eigenvalue weighted by atomic mass is 16.5. The largest absolute Gasteiger partial charge is 0.494 e. The number of aromatic nitrogens is 2. The van der Waals surface area contributed by atoms with Crippen LogP contribution in [0, 0.1) is 0 Å². The van der Waals surface area contributed by atoms with Crippen LogP contribution in [-0.2, 0) is 11.3 Å². The van der Waals surface area contributed by atoms with Crippen LogP contribution in [0.25, 0.3) is 11.4 Å². The van der Waals surface area contributed by atoms with Crippen LogP contribution in [0.1, 0.15) is 44.6 Å². The fraction of sp³-hybridized carbons (Fsp3) is 0.375. The molecular weight excluding hydrogens is 394 g/mol. The topological polar surface area (TPSA) is 77.7 Å². The second kappa shape index (κ2) is 9.20. The maximum absolute atomic E-state index is 12.5. The Morgan fingerprint density at radius 2 is 1.81 bits per heavy atom. The smallest absolute Gasteiger partial charge is 0.232 e. The molecule has 1 atom stereocenters. The van der Waals surface area contributed by atoms with Crippen molar-refractivity contribution in [2.45, 2.75) is 45.8 Å². The van der Waals surface area contributed by atoms with Crippen LogP contribution >= 0.6 is 0 Å². The molecule has 1 aromatic heterocycles. The fourth-order valence-corrected chi connectivity index (χ4v) is 3.64. The normalized spacial score (nSPS) is 16.2. The molecule has 31 heavy (non-hydrogen) atoms. The summed E-state index contributed by atoms with van der Waals surface area (Å²) in [4.78, 5) is 18.9. The molecule has 2 heterocycles. The maximum atomic E-state index is 12.5. The van der Waals surface area contributed by atoms with Crippen molar-refractivity contribution < 1.29 is 18.8 Å². The third kappa shape index (κ3) is 5.05. The molecule has 0 bridgehead atoms. The molecule has 0 saturated carbocycles. The van der Waals surface area contributed by atoms with Gasteiger partial charge in [0.15, 0.2) is 0 Å². The highest BCUT2D eigenvalue weighted by Crippen LogP contribution is 2.30. The highest BCUT2D eigenvalue weighted by Gasteiger charge is 2.34. The van der Waals surface area contributed by atoms with Crippen LogP contribution < -0.4 is 9.47 Å². The molecule has 7 nitrogen and oxygen atoms in total. The van der Waals surface area contributed by atoms with Crippen molar-refractivity contribution >= 4 is 5.91 Å². The lowest BCUT2D eigenvalue weighted by Gasteiger charge is -2.16. The molecule has 1 aliphatic heterocycles. The molecule has 7 heteroatoms. The minimum absolute atomic E-state index is 0.0910. The monoisotopic (exact) mass is 421 g/mol. The van der Waals surface area contributed by atoms with Gasteiger partial charge in [0.2, 0.25) is 17.6 Å². The van der Waals surface area contributed by atoms with E-state index in [4.69, 9.17) is 14.0 Å². The molecule has 4 rings (SSSR count). The number of amides is 1. The van der Waals surface area contributed by atoms with Crippen molar-refractivity contribution in [3.8, 4) is 22.9 Å². The Morgan fingerprint density at radius 3 is 2.48 bits per heavy atom. The van der Waals surface area contributed by atoms with E-state index in [1.165, 1.54) is 0 Å². The Balaban J connectivity index is 1.39. The van der Waals surface area contributed by atoms with Gasteiger partial charge < -0.3 is 18.9 Å². The summed E-state index contributed by atoms with van der Waals surface area (Å²) in [7, 11) is 0. The van der Waals surface area contributed by atoms with Crippen LogP contribution in [0.3, 0.4) is 0 Å². The van der Waals surface area contributed by atoms with E-state index in [-0.39, 0.29) is 17.9 Å². The van der Waals surface area contributed by atoms with Gasteiger partial charge in [-0.2, -0.15) is 4.98 Å². The number of hydrogen-bond acceptors (Lipinski definition) is 6. The van der Waals surface area contributed by atoms with Gasteiger partial charge in [-0.3, -0.25) is 4.79 Å². The van der Waals surface area contributed by atoms with Crippen molar-refractivity contribution in [2.24, 2.45) is 0 Å². The second-order valence-corrected chi connectivity index (χ2v) is 7.90. The molecule has 0 aliphatic carbocycles. The molecular formula is C24H27N3O4. The quantitative estimate of drug-likeness (QED) is 0.535. The summed E-state index contributed by atoms with van der Waals surface area (Å²) in [5.74, 6) is 2.64. The Labute approximate surface area is 182 Å². The van der Waals surface area contributed by atoms with Gasteiger partial charge in [-0.1, -0.05) is 17.3 Å². The van der Waals surface area contributed by atoms with E-state index >= 15 is 0 Å². The third-order valence-corrected chi connectivity index (χ3v) is 5.10. The number of carbonyl (C=O) groups is 1. The van der Waals surface area contributed by atoms with Crippen LogP contribution in [0.4, 0.5) is 0 Å². The molecule has 2 aromatic carbocycles. The van der Waals surface area contributed by atoms with Gasteiger partial charge in [0.05, 0.1) is 18.6 Å². The first-order chi connectivity index (χ1) is 15.0. The van der Waals surface area contributed by atoms with Crippen molar-refractivity contribution in [3.63, 3.8) is 0 Å². The summed E-state index contributed by atoms with van der Waals surface area (Å²) >= 11 is 0. The SMILES string of the molecule is CCOc1ccc(-c2noc(C3CC(=O)N(Cc4ccc(OC(C)C)cc4)C3)n2)cc1. The first-order valence-electron chi connectivity index (χ1n) is 10.6. The number of rotatable bonds is 8. The van der Waals surface area contributed by atoms with Gasteiger partial charge >= 0.3 is 0 Å². The number of benzene rings is 2. The van der Waals surface area contributed by atoms with Gasteiger partial charge in [-0.15, -0.1) is 0 Å². The second-order valence-electron chi connectivity index (χ2n) is 7.90. The standard InChI is InChI=1S/C24H27N3O4/c1-4-29-20-11-7-18(8-12-20)23-25-24(31-26-23)19-13-22(28)27(15-19)14-17-5-9-21(10-6-17)30-16(2)3/h5-12,16,19H,4,13-15H2,1-3H3. The fourth-order valence-electron chi connectivity index (χ4n) is 3.64. The number of hydrogen-bond donors (Lipinski definition) is 0. The van der Waals surface area contributed by atoms with Crippen LogP contribution in [0.15, 0.2) is 53.1 Å². The molecule has 0 radical (unpaired) electrons. The molecule has 1 amide bonds. The van der Waals surface area contributed by atoms with Crippen LogP contribution in [-0.4, -0.2) is 40.2 Å². The van der Waals surface area contributed by atoms with Crippen molar-refractivity contribution in [3.05, 3.63) is 60.0 Å². The highest BCUT2D eigenvalue weighted by molar-refractivity contribution is 5.79. The summed E-state index contributed by atoms with van der Waals surface area (Å²) in [5.41, 5.74) is 1.91. The molecule has 1 aliphatic rings. The first-order valence-corrected chi connectivity index (χ1v) is 10.6. The van der Waals surface area contributed by atoms with E-state index in [1.54, 1.807) is 0 Å². The number of likely N-dealkylation sites (tertiary alicyclic amines) is 1. The summed E-state index contributed by atoms with van der Waals surface area (Å²) in [5, 5.41) is 4.10. The average Bonchev–Trinajstić information content (AvgIpc) is 3.37. The van der Waals surface area contributed by atoms with E-state index < -0.39 is 0 Å². The predicted molar refractivity (Wildman–Crippen MR) is 116 cm³/mol. The predicted octanol–water partition coefficient (Wildman–Crippen LogP) is 4.44. The van der Waals surface area contributed by atoms with E-state index in [2.05, 4.69) is 10.1 Å². The zero-order chi connectivity index (χ0) is 21.8. The molecule has 1 fully saturated rings. The van der Waals surface area contributed by atoms with Gasteiger partial charge in [0.1, 0.15) is 11.5 Å². The van der Waals surface area contributed by atoms with Crippen molar-refractivity contribution in [1.29, 1.82) is 0 Å². The Hall–Kier alpha value is -3.35. The van der Waals surface area contributed by atoms with E-state index in [9.17, 15) is 4.79 Å². The zero-order valence-electron chi connectivity index (χ0n) is 18.1. The maximum Gasteiger partial charge on any atom is 0.232 e. The van der Waals surface area contributed by atoms with E-state index in [0.717, 1.165) is 22.6 Å². The third-order valence-electron chi connectivity index (χ3n) is 5.10. The van der Waals surface area contributed by atoms with Crippen LogP contribution in [0.2, 0.25) is 0 Å². The van der Waals surface area contributed by atoms with Gasteiger partial charge in [0.25, 0.3) is 0 Å². The van der Waals surface area contributed by atoms with Gasteiger partial charge in [-0.25, -0.2) is 0 Å². The lowest BCUT2D eigenvalue weighted by Crippen LogP contribution is -2.24. The number of nitrogens with zero attached hydrogens (tertiary/aromatic N) is 3. The summed E-state index contributed by atoms with van der Waals surface area (Å²) in [6.07, 6.45) is 0.507. The molecule has 1 unspecified atom stereocenters.